The molecule has 100 valence electrons. The first kappa shape index (κ1) is 12.3. The van der Waals surface area contributed by atoms with Gasteiger partial charge >= 0.3 is 5.97 Å². The first-order valence-electron chi connectivity index (χ1n) is 6.24. The van der Waals surface area contributed by atoms with Gasteiger partial charge in [0.15, 0.2) is 5.82 Å². The van der Waals surface area contributed by atoms with E-state index in [4.69, 9.17) is 0 Å². The fraction of sp³-hybridized carbons (Fsp3) is 0.462. The SMILES string of the molecule is Cc1csc2c(N3CCCC3(C)C(=O)O)ncnc12. The minimum Gasteiger partial charge on any atom is -0.480 e. The predicted molar refractivity (Wildman–Crippen MR) is 74.8 cm³/mol. The fourth-order valence-corrected chi connectivity index (χ4v) is 3.67. The first-order chi connectivity index (χ1) is 9.04. The van der Waals surface area contributed by atoms with Gasteiger partial charge < -0.3 is 10.0 Å². The fourth-order valence-electron chi connectivity index (χ4n) is 2.67. The number of anilines is 1. The molecule has 1 fully saturated rings. The molecule has 3 rings (SSSR count). The number of hydrogen-bond acceptors (Lipinski definition) is 5. The topological polar surface area (TPSA) is 66.3 Å². The van der Waals surface area contributed by atoms with Crippen LogP contribution < -0.4 is 4.90 Å². The summed E-state index contributed by atoms with van der Waals surface area (Å²) in [7, 11) is 0. The van der Waals surface area contributed by atoms with E-state index in [0.29, 0.717) is 6.42 Å². The summed E-state index contributed by atoms with van der Waals surface area (Å²) in [6.45, 7) is 4.51. The monoisotopic (exact) mass is 277 g/mol. The van der Waals surface area contributed by atoms with Crippen LogP contribution in [-0.4, -0.2) is 33.1 Å². The van der Waals surface area contributed by atoms with Crippen molar-refractivity contribution in [2.24, 2.45) is 0 Å². The molecule has 1 N–H and O–H groups in total. The molecule has 1 aliphatic rings. The second-order valence-corrected chi connectivity index (χ2v) is 6.01. The summed E-state index contributed by atoms with van der Waals surface area (Å²) in [6.07, 6.45) is 3.05. The third-order valence-corrected chi connectivity index (χ3v) is 4.95. The largest absolute Gasteiger partial charge is 0.480 e. The summed E-state index contributed by atoms with van der Waals surface area (Å²) >= 11 is 1.58. The summed E-state index contributed by atoms with van der Waals surface area (Å²) in [4.78, 5) is 22.1. The van der Waals surface area contributed by atoms with Crippen LogP contribution in [0.5, 0.6) is 0 Å². The van der Waals surface area contributed by atoms with Crippen LogP contribution in [0.3, 0.4) is 0 Å². The molecular weight excluding hydrogens is 262 g/mol. The van der Waals surface area contributed by atoms with Gasteiger partial charge in [-0.25, -0.2) is 14.8 Å². The molecular formula is C13H15N3O2S. The summed E-state index contributed by atoms with van der Waals surface area (Å²) < 4.78 is 0.981. The molecule has 1 saturated heterocycles. The van der Waals surface area contributed by atoms with E-state index in [1.165, 1.54) is 6.33 Å². The molecule has 3 heterocycles. The van der Waals surface area contributed by atoms with Gasteiger partial charge in [0.1, 0.15) is 11.9 Å². The minimum absolute atomic E-state index is 0.651. The molecule has 0 radical (unpaired) electrons. The maximum Gasteiger partial charge on any atom is 0.329 e. The van der Waals surface area contributed by atoms with Gasteiger partial charge in [0, 0.05) is 6.54 Å². The van der Waals surface area contributed by atoms with Gasteiger partial charge in [-0.15, -0.1) is 11.3 Å². The second kappa shape index (κ2) is 4.16. The van der Waals surface area contributed by atoms with Crippen LogP contribution in [0.1, 0.15) is 25.3 Å². The van der Waals surface area contributed by atoms with Gasteiger partial charge in [-0.2, -0.15) is 0 Å². The Balaban J connectivity index is 2.17. The lowest BCUT2D eigenvalue weighted by atomic mass is 9.99. The number of hydrogen-bond donors (Lipinski definition) is 1. The highest BCUT2D eigenvalue weighted by atomic mass is 32.1. The zero-order chi connectivity index (χ0) is 13.6. The predicted octanol–water partition coefficient (Wildman–Crippen LogP) is 2.44. The highest BCUT2D eigenvalue weighted by Gasteiger charge is 2.44. The van der Waals surface area contributed by atoms with Crippen molar-refractivity contribution in [2.45, 2.75) is 32.2 Å². The Kier molecular flexibility index (Phi) is 2.70. The summed E-state index contributed by atoms with van der Waals surface area (Å²) in [6, 6.07) is 0. The molecule has 0 aromatic carbocycles. The van der Waals surface area contributed by atoms with Crippen molar-refractivity contribution in [1.82, 2.24) is 9.97 Å². The zero-order valence-electron chi connectivity index (χ0n) is 10.9. The Bertz CT molecular complexity index is 654. The molecule has 5 nitrogen and oxygen atoms in total. The van der Waals surface area contributed by atoms with Gasteiger partial charge in [-0.3, -0.25) is 0 Å². The Hall–Kier alpha value is -1.69. The number of carboxylic acids is 1. The third-order valence-electron chi connectivity index (χ3n) is 3.87. The van der Waals surface area contributed by atoms with E-state index in [9.17, 15) is 9.90 Å². The molecule has 0 spiro atoms. The maximum absolute atomic E-state index is 11.6. The van der Waals surface area contributed by atoms with Crippen molar-refractivity contribution in [2.75, 3.05) is 11.4 Å². The van der Waals surface area contributed by atoms with E-state index in [0.717, 1.165) is 34.6 Å². The number of carbonyl (C=O) groups is 1. The Morgan fingerprint density at radius 3 is 3.05 bits per heavy atom. The van der Waals surface area contributed by atoms with Crippen LogP contribution in [0, 0.1) is 6.92 Å². The number of thiophene rings is 1. The lowest BCUT2D eigenvalue weighted by molar-refractivity contribution is -0.142. The number of aromatic nitrogens is 2. The van der Waals surface area contributed by atoms with Crippen LogP contribution in [0.25, 0.3) is 10.2 Å². The summed E-state index contributed by atoms with van der Waals surface area (Å²) in [5.74, 6) is -0.0319. The third kappa shape index (κ3) is 1.70. The van der Waals surface area contributed by atoms with E-state index in [2.05, 4.69) is 9.97 Å². The zero-order valence-corrected chi connectivity index (χ0v) is 11.7. The summed E-state index contributed by atoms with van der Waals surface area (Å²) in [5, 5.41) is 11.5. The molecule has 0 aliphatic carbocycles. The first-order valence-corrected chi connectivity index (χ1v) is 7.12. The molecule has 0 bridgehead atoms. The quantitative estimate of drug-likeness (QED) is 0.913. The number of nitrogens with zero attached hydrogens (tertiary/aromatic N) is 3. The smallest absolute Gasteiger partial charge is 0.329 e. The molecule has 19 heavy (non-hydrogen) atoms. The van der Waals surface area contributed by atoms with Crippen LogP contribution in [0.4, 0.5) is 5.82 Å². The lowest BCUT2D eigenvalue weighted by Crippen LogP contribution is -2.48. The van der Waals surface area contributed by atoms with E-state index in [1.54, 1.807) is 18.3 Å². The molecule has 6 heteroatoms. The highest BCUT2D eigenvalue weighted by Crippen LogP contribution is 2.38. The van der Waals surface area contributed by atoms with Crippen molar-refractivity contribution >= 4 is 33.3 Å². The molecule has 1 aliphatic heterocycles. The molecule has 0 saturated carbocycles. The van der Waals surface area contributed by atoms with Crippen molar-refractivity contribution in [3.8, 4) is 0 Å². The number of aryl methyl sites for hydroxylation is 1. The van der Waals surface area contributed by atoms with Gasteiger partial charge in [-0.05, 0) is 37.6 Å². The standard InChI is InChI=1S/C13H15N3O2S/c1-8-6-19-10-9(8)14-7-15-11(10)16-5-3-4-13(16,2)12(17)18/h6-7H,3-5H2,1-2H3,(H,17,18). The van der Waals surface area contributed by atoms with Crippen LogP contribution in [0.2, 0.25) is 0 Å². The van der Waals surface area contributed by atoms with Gasteiger partial charge in [0.05, 0.1) is 10.2 Å². The Labute approximate surface area is 114 Å². The molecule has 0 amide bonds. The number of carboxylic acid groups (broad SMARTS) is 1. The maximum atomic E-state index is 11.6. The van der Waals surface area contributed by atoms with Crippen LogP contribution in [-0.2, 0) is 4.79 Å². The van der Waals surface area contributed by atoms with Gasteiger partial charge in [-0.1, -0.05) is 0 Å². The van der Waals surface area contributed by atoms with Gasteiger partial charge in [0.25, 0.3) is 0 Å². The lowest BCUT2D eigenvalue weighted by Gasteiger charge is -2.32. The van der Waals surface area contributed by atoms with Crippen molar-refractivity contribution in [3.05, 3.63) is 17.3 Å². The van der Waals surface area contributed by atoms with E-state index >= 15 is 0 Å². The number of aliphatic carboxylic acids is 1. The summed E-state index contributed by atoms with van der Waals surface area (Å²) in [5.41, 5.74) is 1.17. The van der Waals surface area contributed by atoms with Crippen LogP contribution in [0.15, 0.2) is 11.7 Å². The number of fused-ring (bicyclic) bond motifs is 1. The van der Waals surface area contributed by atoms with Crippen molar-refractivity contribution in [3.63, 3.8) is 0 Å². The highest BCUT2D eigenvalue weighted by molar-refractivity contribution is 7.18. The average Bonchev–Trinajstić information content (AvgIpc) is 2.95. The molecule has 2 aromatic rings. The van der Waals surface area contributed by atoms with E-state index < -0.39 is 11.5 Å². The number of rotatable bonds is 2. The molecule has 1 atom stereocenters. The average molecular weight is 277 g/mol. The van der Waals surface area contributed by atoms with E-state index in [1.807, 2.05) is 17.2 Å². The molecule has 2 aromatic heterocycles. The van der Waals surface area contributed by atoms with E-state index in [-0.39, 0.29) is 0 Å². The van der Waals surface area contributed by atoms with Crippen molar-refractivity contribution in [1.29, 1.82) is 0 Å². The second-order valence-electron chi connectivity index (χ2n) is 5.13. The van der Waals surface area contributed by atoms with Crippen molar-refractivity contribution < 1.29 is 9.90 Å². The Morgan fingerprint density at radius 2 is 2.32 bits per heavy atom. The minimum atomic E-state index is -0.862. The van der Waals surface area contributed by atoms with Crippen LogP contribution >= 0.6 is 11.3 Å². The van der Waals surface area contributed by atoms with Gasteiger partial charge in [0.2, 0.25) is 0 Å². The Morgan fingerprint density at radius 1 is 1.53 bits per heavy atom. The normalized spacial score (nSPS) is 23.2. The molecule has 1 unspecified atom stereocenters.